The Balaban J connectivity index is 2.20. The van der Waals surface area contributed by atoms with Crippen molar-refractivity contribution in [2.75, 3.05) is 12.4 Å². The molecule has 1 aromatic carbocycles. The lowest BCUT2D eigenvalue weighted by molar-refractivity contribution is 0.217. The summed E-state index contributed by atoms with van der Waals surface area (Å²) in [5.41, 5.74) is 0.837. The van der Waals surface area contributed by atoms with Crippen LogP contribution in [0.1, 0.15) is 20.3 Å². The molecule has 0 bridgehead atoms. The highest BCUT2D eigenvalue weighted by atomic mass is 35.5. The number of aromatic nitrogens is 2. The molecule has 5 nitrogen and oxygen atoms in total. The smallest absolute Gasteiger partial charge is 0.199 e. The molecule has 112 valence electrons. The zero-order chi connectivity index (χ0) is 15.2. The van der Waals surface area contributed by atoms with Crippen molar-refractivity contribution < 1.29 is 9.47 Å². The predicted molar refractivity (Wildman–Crippen MR) is 83.7 cm³/mol. The predicted octanol–water partition coefficient (Wildman–Crippen LogP) is 4.06. The molecule has 0 radical (unpaired) electrons. The Morgan fingerprint density at radius 1 is 1.33 bits per heavy atom. The first-order chi connectivity index (χ1) is 10.1. The Hall–Kier alpha value is -2.01. The van der Waals surface area contributed by atoms with Gasteiger partial charge in [0.25, 0.3) is 0 Å². The fourth-order valence-corrected chi connectivity index (χ4v) is 1.93. The highest BCUT2D eigenvalue weighted by Crippen LogP contribution is 2.31. The molecule has 1 unspecified atom stereocenters. The first-order valence-corrected chi connectivity index (χ1v) is 7.10. The third kappa shape index (κ3) is 3.98. The summed E-state index contributed by atoms with van der Waals surface area (Å²) in [6.45, 7) is 4.12. The molecule has 0 aliphatic carbocycles. The van der Waals surface area contributed by atoms with Crippen molar-refractivity contribution >= 4 is 23.1 Å². The number of halogens is 1. The number of methoxy groups -OCH3 is 1. The van der Waals surface area contributed by atoms with Crippen molar-refractivity contribution in [1.29, 1.82) is 0 Å². The summed E-state index contributed by atoms with van der Waals surface area (Å²) in [7, 11) is 1.53. The molecule has 1 heterocycles. The minimum absolute atomic E-state index is 0.170. The van der Waals surface area contributed by atoms with E-state index in [0.29, 0.717) is 11.6 Å². The Morgan fingerprint density at radius 2 is 2.14 bits per heavy atom. The van der Waals surface area contributed by atoms with Crippen LogP contribution in [-0.2, 0) is 0 Å². The van der Waals surface area contributed by atoms with Crippen LogP contribution in [0, 0.1) is 0 Å². The minimum Gasteiger partial charge on any atom is -0.491 e. The van der Waals surface area contributed by atoms with Crippen LogP contribution in [0.5, 0.6) is 11.5 Å². The molecule has 1 N–H and O–H groups in total. The van der Waals surface area contributed by atoms with E-state index in [1.165, 1.54) is 13.4 Å². The Bertz CT molecular complexity index is 607. The molecular formula is C15H18ClN3O2. The van der Waals surface area contributed by atoms with Gasteiger partial charge < -0.3 is 14.8 Å². The van der Waals surface area contributed by atoms with E-state index >= 15 is 0 Å². The second kappa shape index (κ2) is 7.13. The Morgan fingerprint density at radius 3 is 2.86 bits per heavy atom. The molecule has 1 atom stereocenters. The number of rotatable bonds is 6. The normalized spacial score (nSPS) is 11.8. The maximum absolute atomic E-state index is 5.97. The van der Waals surface area contributed by atoms with Gasteiger partial charge in [0.15, 0.2) is 16.7 Å². The van der Waals surface area contributed by atoms with E-state index in [2.05, 4.69) is 22.2 Å². The van der Waals surface area contributed by atoms with E-state index in [4.69, 9.17) is 21.1 Å². The molecule has 0 saturated heterocycles. The molecule has 0 saturated carbocycles. The molecule has 0 spiro atoms. The zero-order valence-electron chi connectivity index (χ0n) is 12.3. The SMILES string of the molecule is CCC(C)Oc1cccc(Nc2ncnc(Cl)c2OC)c1. The number of anilines is 2. The summed E-state index contributed by atoms with van der Waals surface area (Å²) in [5.74, 6) is 1.72. The van der Waals surface area contributed by atoms with Crippen molar-refractivity contribution in [2.45, 2.75) is 26.4 Å². The zero-order valence-corrected chi connectivity index (χ0v) is 13.0. The number of ether oxygens (including phenoxy) is 2. The molecule has 0 aliphatic heterocycles. The quantitative estimate of drug-likeness (QED) is 0.816. The molecule has 2 aromatic rings. The third-order valence-electron chi connectivity index (χ3n) is 2.97. The van der Waals surface area contributed by atoms with Gasteiger partial charge in [0, 0.05) is 11.8 Å². The number of benzene rings is 1. The average Bonchev–Trinajstić information content (AvgIpc) is 2.48. The summed E-state index contributed by atoms with van der Waals surface area (Å²) >= 11 is 5.97. The van der Waals surface area contributed by atoms with Gasteiger partial charge in [-0.3, -0.25) is 0 Å². The summed E-state index contributed by atoms with van der Waals surface area (Å²) in [6.07, 6.45) is 2.50. The van der Waals surface area contributed by atoms with Gasteiger partial charge >= 0.3 is 0 Å². The van der Waals surface area contributed by atoms with E-state index in [0.717, 1.165) is 17.9 Å². The van der Waals surface area contributed by atoms with Crippen LogP contribution in [-0.4, -0.2) is 23.2 Å². The first-order valence-electron chi connectivity index (χ1n) is 6.72. The highest BCUT2D eigenvalue weighted by Gasteiger charge is 2.11. The first kappa shape index (κ1) is 15.4. The lowest BCUT2D eigenvalue weighted by atomic mass is 10.2. The average molecular weight is 308 g/mol. The summed E-state index contributed by atoms with van der Waals surface area (Å²) in [6, 6.07) is 7.65. The van der Waals surface area contributed by atoms with Crippen molar-refractivity contribution in [3.8, 4) is 11.5 Å². The number of nitrogens with one attached hydrogen (secondary N) is 1. The van der Waals surface area contributed by atoms with E-state index in [9.17, 15) is 0 Å². The van der Waals surface area contributed by atoms with Crippen molar-refractivity contribution in [2.24, 2.45) is 0 Å². The van der Waals surface area contributed by atoms with Crippen LogP contribution >= 0.6 is 11.6 Å². The molecular weight excluding hydrogens is 290 g/mol. The van der Waals surface area contributed by atoms with Crippen LogP contribution in [0.3, 0.4) is 0 Å². The summed E-state index contributed by atoms with van der Waals surface area (Å²) in [5, 5.41) is 3.42. The van der Waals surface area contributed by atoms with Gasteiger partial charge in [0.05, 0.1) is 13.2 Å². The van der Waals surface area contributed by atoms with Gasteiger partial charge in [0.1, 0.15) is 12.1 Å². The van der Waals surface area contributed by atoms with E-state index in [1.54, 1.807) is 0 Å². The summed E-state index contributed by atoms with van der Waals surface area (Å²) in [4.78, 5) is 8.02. The number of nitrogens with zero attached hydrogens (tertiary/aromatic N) is 2. The van der Waals surface area contributed by atoms with Gasteiger partial charge in [-0.2, -0.15) is 0 Å². The standard InChI is InChI=1S/C15H18ClN3O2/c1-4-10(2)21-12-7-5-6-11(8-12)19-15-13(20-3)14(16)17-9-18-15/h5-10H,4H2,1-3H3,(H,17,18,19). The molecule has 0 fully saturated rings. The Labute approximate surface area is 129 Å². The Kier molecular flexibility index (Phi) is 5.22. The number of hydrogen-bond donors (Lipinski definition) is 1. The van der Waals surface area contributed by atoms with Crippen molar-refractivity contribution in [1.82, 2.24) is 9.97 Å². The molecule has 1 aromatic heterocycles. The monoisotopic (exact) mass is 307 g/mol. The molecule has 0 aliphatic rings. The topological polar surface area (TPSA) is 56.3 Å². The largest absolute Gasteiger partial charge is 0.491 e. The van der Waals surface area contributed by atoms with Crippen LogP contribution in [0.2, 0.25) is 5.15 Å². The fourth-order valence-electron chi connectivity index (χ4n) is 1.72. The molecule has 21 heavy (non-hydrogen) atoms. The fraction of sp³-hybridized carbons (Fsp3) is 0.333. The molecule has 6 heteroatoms. The summed E-state index contributed by atoms with van der Waals surface area (Å²) < 4.78 is 11.0. The minimum atomic E-state index is 0.170. The number of hydrogen-bond acceptors (Lipinski definition) is 5. The van der Waals surface area contributed by atoms with Gasteiger partial charge in [-0.05, 0) is 25.5 Å². The molecule has 2 rings (SSSR count). The van der Waals surface area contributed by atoms with Gasteiger partial charge in [0.2, 0.25) is 0 Å². The second-order valence-electron chi connectivity index (χ2n) is 4.54. The molecule has 0 amide bonds. The van der Waals surface area contributed by atoms with Gasteiger partial charge in [-0.1, -0.05) is 24.6 Å². The van der Waals surface area contributed by atoms with Crippen molar-refractivity contribution in [3.63, 3.8) is 0 Å². The van der Waals surface area contributed by atoms with Crippen LogP contribution in [0.15, 0.2) is 30.6 Å². The van der Waals surface area contributed by atoms with Crippen LogP contribution in [0.4, 0.5) is 11.5 Å². The highest BCUT2D eigenvalue weighted by molar-refractivity contribution is 6.31. The lowest BCUT2D eigenvalue weighted by Crippen LogP contribution is -2.09. The van der Waals surface area contributed by atoms with E-state index in [1.807, 2.05) is 31.2 Å². The van der Waals surface area contributed by atoms with E-state index in [-0.39, 0.29) is 11.3 Å². The van der Waals surface area contributed by atoms with Crippen LogP contribution in [0.25, 0.3) is 0 Å². The van der Waals surface area contributed by atoms with Crippen LogP contribution < -0.4 is 14.8 Å². The van der Waals surface area contributed by atoms with Gasteiger partial charge in [-0.15, -0.1) is 0 Å². The maximum atomic E-state index is 5.97. The maximum Gasteiger partial charge on any atom is 0.199 e. The van der Waals surface area contributed by atoms with Crippen molar-refractivity contribution in [3.05, 3.63) is 35.7 Å². The lowest BCUT2D eigenvalue weighted by Gasteiger charge is -2.14. The van der Waals surface area contributed by atoms with E-state index < -0.39 is 0 Å². The second-order valence-corrected chi connectivity index (χ2v) is 4.89. The van der Waals surface area contributed by atoms with Gasteiger partial charge in [-0.25, -0.2) is 9.97 Å². The third-order valence-corrected chi connectivity index (χ3v) is 3.24.